The molecular weight excluding hydrogens is 352 g/mol. The molecule has 0 N–H and O–H groups in total. The van der Waals surface area contributed by atoms with Crippen LogP contribution in [0.2, 0.25) is 0 Å². The molecule has 0 saturated carbocycles. The van der Waals surface area contributed by atoms with E-state index in [4.69, 9.17) is 0 Å². The van der Waals surface area contributed by atoms with Crippen molar-refractivity contribution < 1.29 is 4.57 Å². The maximum Gasteiger partial charge on any atom is 0.258 e. The van der Waals surface area contributed by atoms with Crippen LogP contribution in [0.1, 0.15) is 149 Å². The minimum absolute atomic E-state index is 0.609. The predicted octanol–water partition coefficient (Wildman–Crippen LogP) is 8.57. The van der Waals surface area contributed by atoms with Crippen molar-refractivity contribution in [2.45, 2.75) is 156 Å². The highest BCUT2D eigenvalue weighted by Crippen LogP contribution is 2.15. The Hall–Kier alpha value is -0.790. The third-order valence-electron chi connectivity index (χ3n) is 6.25. The van der Waals surface area contributed by atoms with Gasteiger partial charge in [0.15, 0.2) is 0 Å². The van der Waals surface area contributed by atoms with Crippen LogP contribution in [0.25, 0.3) is 0 Å². The zero-order chi connectivity index (χ0) is 21.2. The Morgan fingerprint density at radius 2 is 1.10 bits per heavy atom. The lowest BCUT2D eigenvalue weighted by Gasteiger charge is -2.07. The van der Waals surface area contributed by atoms with Gasteiger partial charge in [0, 0.05) is 0 Å². The molecule has 0 atom stereocenters. The van der Waals surface area contributed by atoms with E-state index in [0.717, 1.165) is 6.54 Å². The van der Waals surface area contributed by atoms with Gasteiger partial charge in [-0.25, -0.2) is 9.13 Å². The number of imidazole rings is 1. The molecule has 0 aliphatic heterocycles. The number of unbranched alkanes of at least 4 members (excludes halogenated alkanes) is 15. The van der Waals surface area contributed by atoms with Crippen molar-refractivity contribution in [1.82, 2.24) is 4.57 Å². The van der Waals surface area contributed by atoms with Crippen molar-refractivity contribution in [3.8, 4) is 0 Å². The van der Waals surface area contributed by atoms with Gasteiger partial charge in [-0.2, -0.15) is 0 Å². The van der Waals surface area contributed by atoms with Crippen LogP contribution in [0.4, 0.5) is 0 Å². The molecule has 0 radical (unpaired) electrons. The van der Waals surface area contributed by atoms with Crippen LogP contribution in [0.15, 0.2) is 12.4 Å². The molecule has 29 heavy (non-hydrogen) atoms. The highest BCUT2D eigenvalue weighted by atomic mass is 15.1. The quantitative estimate of drug-likeness (QED) is 0.152. The first kappa shape index (κ1) is 26.2. The smallest absolute Gasteiger partial charge is 0.234 e. The fraction of sp³-hybridized carbons (Fsp3) is 0.889. The monoisotopic (exact) mass is 405 g/mol. The highest BCUT2D eigenvalue weighted by molar-refractivity contribution is 4.89. The van der Waals surface area contributed by atoms with Crippen molar-refractivity contribution >= 4 is 0 Å². The van der Waals surface area contributed by atoms with Gasteiger partial charge in [-0.15, -0.1) is 0 Å². The molecule has 0 bridgehead atoms. The zero-order valence-electron chi connectivity index (χ0n) is 20.6. The zero-order valence-corrected chi connectivity index (χ0v) is 20.6. The van der Waals surface area contributed by atoms with Crippen LogP contribution in [-0.4, -0.2) is 4.57 Å². The van der Waals surface area contributed by atoms with E-state index in [1.54, 1.807) is 0 Å². The molecule has 1 rings (SSSR count). The SMILES string of the molecule is CCCCCCCCCCCCCCCCCCn1cc[n+](CCC)c1C(C)C. The average molecular weight is 406 g/mol. The molecule has 170 valence electrons. The van der Waals surface area contributed by atoms with Crippen molar-refractivity contribution in [2.75, 3.05) is 0 Å². The van der Waals surface area contributed by atoms with E-state index in [-0.39, 0.29) is 0 Å². The largest absolute Gasteiger partial charge is 0.258 e. The molecule has 0 aliphatic carbocycles. The second-order valence-corrected chi connectivity index (χ2v) is 9.50. The van der Waals surface area contributed by atoms with Crippen LogP contribution >= 0.6 is 0 Å². The first-order valence-electron chi connectivity index (χ1n) is 13.3. The highest BCUT2D eigenvalue weighted by Gasteiger charge is 2.19. The minimum atomic E-state index is 0.609. The summed E-state index contributed by atoms with van der Waals surface area (Å²) in [5.74, 6) is 2.12. The summed E-state index contributed by atoms with van der Waals surface area (Å²) in [7, 11) is 0. The molecule has 2 heteroatoms. The lowest BCUT2D eigenvalue weighted by Crippen LogP contribution is -2.37. The molecule has 1 heterocycles. The minimum Gasteiger partial charge on any atom is -0.234 e. The Balaban J connectivity index is 1.93. The van der Waals surface area contributed by atoms with E-state index >= 15 is 0 Å². The lowest BCUT2D eigenvalue weighted by atomic mass is 10.0. The normalized spacial score (nSPS) is 11.6. The third kappa shape index (κ3) is 12.5. The molecule has 0 aromatic carbocycles. The Bertz CT molecular complexity index is 475. The number of nitrogens with zero attached hydrogens (tertiary/aromatic N) is 2. The third-order valence-corrected chi connectivity index (χ3v) is 6.25. The lowest BCUT2D eigenvalue weighted by molar-refractivity contribution is -0.704. The van der Waals surface area contributed by atoms with Gasteiger partial charge in [-0.3, -0.25) is 0 Å². The Labute approximate surface area is 183 Å². The van der Waals surface area contributed by atoms with Crippen molar-refractivity contribution in [1.29, 1.82) is 0 Å². The molecule has 1 aromatic heterocycles. The summed E-state index contributed by atoms with van der Waals surface area (Å²) in [6.45, 7) is 11.6. The molecule has 1 aromatic rings. The first-order chi connectivity index (χ1) is 14.2. The second-order valence-electron chi connectivity index (χ2n) is 9.50. The summed E-state index contributed by atoms with van der Waals surface area (Å²) in [5, 5.41) is 0. The fourth-order valence-corrected chi connectivity index (χ4v) is 4.59. The number of rotatable bonds is 20. The molecule has 0 fully saturated rings. The molecular formula is C27H53N2+. The van der Waals surface area contributed by atoms with Crippen molar-refractivity contribution in [3.05, 3.63) is 18.2 Å². The number of hydrogen-bond donors (Lipinski definition) is 0. The van der Waals surface area contributed by atoms with E-state index in [0.29, 0.717) is 5.92 Å². The summed E-state index contributed by atoms with van der Waals surface area (Å²) in [6.07, 6.45) is 28.9. The Kier molecular flexibility index (Phi) is 16.3. The van der Waals surface area contributed by atoms with E-state index in [9.17, 15) is 0 Å². The average Bonchev–Trinajstić information content (AvgIpc) is 3.10. The van der Waals surface area contributed by atoms with Crippen LogP contribution < -0.4 is 4.57 Å². The van der Waals surface area contributed by atoms with Gasteiger partial charge in [0.1, 0.15) is 12.4 Å². The summed E-state index contributed by atoms with van der Waals surface area (Å²) >= 11 is 0. The molecule has 0 aliphatic rings. The van der Waals surface area contributed by atoms with Gasteiger partial charge in [-0.1, -0.05) is 118 Å². The van der Waals surface area contributed by atoms with Crippen LogP contribution in [0.3, 0.4) is 0 Å². The Morgan fingerprint density at radius 1 is 0.655 bits per heavy atom. The van der Waals surface area contributed by atoms with E-state index in [2.05, 4.69) is 49.2 Å². The summed E-state index contributed by atoms with van der Waals surface area (Å²) in [4.78, 5) is 0. The molecule has 0 amide bonds. The summed E-state index contributed by atoms with van der Waals surface area (Å²) < 4.78 is 4.96. The van der Waals surface area contributed by atoms with Crippen LogP contribution in [0, 0.1) is 0 Å². The van der Waals surface area contributed by atoms with Gasteiger partial charge < -0.3 is 0 Å². The number of aromatic nitrogens is 2. The van der Waals surface area contributed by atoms with E-state index < -0.39 is 0 Å². The first-order valence-corrected chi connectivity index (χ1v) is 13.3. The van der Waals surface area contributed by atoms with Gasteiger partial charge in [-0.05, 0) is 19.3 Å². The molecule has 0 unspecified atom stereocenters. The van der Waals surface area contributed by atoms with Crippen LogP contribution in [-0.2, 0) is 13.1 Å². The summed E-state index contributed by atoms with van der Waals surface area (Å²) in [6, 6.07) is 0. The standard InChI is InChI=1S/C27H53N2/c1-5-7-8-9-10-11-12-13-14-15-16-17-18-19-20-21-23-29-25-24-28(22-6-2)27(29)26(3)4/h24-26H,5-23H2,1-4H3/q+1. The fourth-order valence-electron chi connectivity index (χ4n) is 4.59. The molecule has 0 spiro atoms. The number of hydrogen-bond acceptors (Lipinski definition) is 0. The molecule has 2 nitrogen and oxygen atoms in total. The van der Waals surface area contributed by atoms with E-state index in [1.165, 1.54) is 122 Å². The maximum atomic E-state index is 2.50. The van der Waals surface area contributed by atoms with Crippen molar-refractivity contribution in [3.63, 3.8) is 0 Å². The van der Waals surface area contributed by atoms with Gasteiger partial charge in [0.05, 0.1) is 19.0 Å². The van der Waals surface area contributed by atoms with Crippen LogP contribution in [0.5, 0.6) is 0 Å². The number of aryl methyl sites for hydroxylation is 2. The van der Waals surface area contributed by atoms with Crippen molar-refractivity contribution in [2.24, 2.45) is 0 Å². The van der Waals surface area contributed by atoms with E-state index in [1.807, 2.05) is 0 Å². The predicted molar refractivity (Wildman–Crippen MR) is 129 cm³/mol. The topological polar surface area (TPSA) is 8.81 Å². The summed E-state index contributed by atoms with van der Waals surface area (Å²) in [5.41, 5.74) is 0. The Morgan fingerprint density at radius 3 is 1.52 bits per heavy atom. The maximum absolute atomic E-state index is 2.50. The molecule has 0 saturated heterocycles. The van der Waals surface area contributed by atoms with Gasteiger partial charge in [0.2, 0.25) is 0 Å². The second kappa shape index (κ2) is 18.0. The van der Waals surface area contributed by atoms with Gasteiger partial charge in [0.25, 0.3) is 5.82 Å². The van der Waals surface area contributed by atoms with Gasteiger partial charge >= 0.3 is 0 Å².